The van der Waals surface area contributed by atoms with Gasteiger partial charge in [-0.1, -0.05) is 30.3 Å². The van der Waals surface area contributed by atoms with Crippen LogP contribution in [0, 0.1) is 13.8 Å². The molecule has 0 spiro atoms. The summed E-state index contributed by atoms with van der Waals surface area (Å²) in [6.07, 6.45) is -5.76. The van der Waals surface area contributed by atoms with Crippen LogP contribution < -0.4 is 0 Å². The van der Waals surface area contributed by atoms with Crippen molar-refractivity contribution in [1.82, 2.24) is 0 Å². The predicted octanol–water partition coefficient (Wildman–Crippen LogP) is 2.73. The Morgan fingerprint density at radius 3 is 2.07 bits per heavy atom. The minimum Gasteiger partial charge on any atom is -0.507 e. The summed E-state index contributed by atoms with van der Waals surface area (Å²) < 4.78 is 5.81. The van der Waals surface area contributed by atoms with E-state index in [2.05, 4.69) is 0 Å². The van der Waals surface area contributed by atoms with Gasteiger partial charge in [0.1, 0.15) is 41.3 Å². The van der Waals surface area contributed by atoms with E-state index >= 15 is 0 Å². The first-order valence-corrected chi connectivity index (χ1v) is 14.5. The number of carbonyl (C=O) groups excluding carboxylic acids is 3. The van der Waals surface area contributed by atoms with Gasteiger partial charge in [0, 0.05) is 28.2 Å². The van der Waals surface area contributed by atoms with Crippen LogP contribution in [-0.4, -0.2) is 84.1 Å². The fraction of sp³-hybridized carbons (Fsp3) is 0.229. The lowest BCUT2D eigenvalue weighted by Gasteiger charge is -2.42. The smallest absolute Gasteiger partial charge is 0.201 e. The maximum atomic E-state index is 14.1. The molecule has 0 unspecified atom stereocenters. The van der Waals surface area contributed by atoms with Gasteiger partial charge >= 0.3 is 0 Å². The number of phenolic OH excluding ortho intramolecular Hbond substituents is 4. The molecule has 4 aromatic carbocycles. The number of fused-ring (bicyclic) bond motifs is 4. The van der Waals surface area contributed by atoms with E-state index in [1.165, 1.54) is 42.5 Å². The highest BCUT2D eigenvalue weighted by atomic mass is 16.5. The largest absolute Gasteiger partial charge is 0.507 e. The number of phenols is 4. The quantitative estimate of drug-likeness (QED) is 0.152. The number of aromatic hydroxyl groups is 4. The molecule has 1 aliphatic heterocycles. The molecule has 0 aromatic heterocycles. The minimum atomic E-state index is -1.61. The molecule has 11 nitrogen and oxygen atoms in total. The molecule has 46 heavy (non-hydrogen) atoms. The Labute approximate surface area is 261 Å². The molecule has 0 amide bonds. The van der Waals surface area contributed by atoms with E-state index in [0.29, 0.717) is 5.56 Å². The van der Waals surface area contributed by atoms with E-state index in [9.17, 15) is 50.1 Å². The van der Waals surface area contributed by atoms with Gasteiger partial charge in [-0.05, 0) is 54.3 Å². The summed E-state index contributed by atoms with van der Waals surface area (Å²) in [5.74, 6) is -5.17. The zero-order valence-corrected chi connectivity index (χ0v) is 24.5. The lowest BCUT2D eigenvalue weighted by molar-refractivity contribution is -0.190. The Hall–Kier alpha value is -5.07. The average Bonchev–Trinajstić information content (AvgIpc) is 2.99. The van der Waals surface area contributed by atoms with E-state index in [0.717, 1.165) is 0 Å². The van der Waals surface area contributed by atoms with Crippen LogP contribution in [0.1, 0.15) is 75.9 Å². The second-order valence-electron chi connectivity index (χ2n) is 12.0. The van der Waals surface area contributed by atoms with Crippen molar-refractivity contribution in [3.8, 4) is 34.1 Å². The third kappa shape index (κ3) is 3.96. The summed E-state index contributed by atoms with van der Waals surface area (Å²) in [7, 11) is 0. The van der Waals surface area contributed by atoms with Crippen LogP contribution in [0.15, 0.2) is 48.5 Å². The van der Waals surface area contributed by atoms with Crippen molar-refractivity contribution >= 4 is 17.3 Å². The summed E-state index contributed by atoms with van der Waals surface area (Å²) in [5.41, 5.74) is 0.00736. The Morgan fingerprint density at radius 1 is 0.630 bits per heavy atom. The second kappa shape index (κ2) is 10.2. The Kier molecular flexibility index (Phi) is 6.59. The number of ketones is 3. The van der Waals surface area contributed by atoms with E-state index in [-0.39, 0.29) is 73.6 Å². The maximum absolute atomic E-state index is 14.1. The molecule has 1 fully saturated rings. The van der Waals surface area contributed by atoms with E-state index in [1.54, 1.807) is 19.9 Å². The molecule has 234 valence electrons. The molecule has 7 rings (SSSR count). The van der Waals surface area contributed by atoms with Crippen LogP contribution >= 0.6 is 0 Å². The lowest BCUT2D eigenvalue weighted by atomic mass is 9.70. The number of hydrogen-bond acceptors (Lipinski definition) is 11. The van der Waals surface area contributed by atoms with Crippen LogP contribution in [0.4, 0.5) is 0 Å². The average molecular weight is 625 g/mol. The summed E-state index contributed by atoms with van der Waals surface area (Å²) >= 11 is 0. The Morgan fingerprint density at radius 2 is 1.33 bits per heavy atom. The minimum absolute atomic E-state index is 0.0278. The number of aryl methyl sites for hydroxylation is 2. The first-order valence-electron chi connectivity index (χ1n) is 14.5. The van der Waals surface area contributed by atoms with E-state index < -0.39 is 64.9 Å². The maximum Gasteiger partial charge on any atom is 0.201 e. The third-order valence-electron chi connectivity index (χ3n) is 9.24. The van der Waals surface area contributed by atoms with E-state index in [4.69, 9.17) is 4.74 Å². The zero-order chi connectivity index (χ0) is 32.9. The van der Waals surface area contributed by atoms with Gasteiger partial charge in [0.05, 0.1) is 35.0 Å². The molecule has 0 radical (unpaired) electrons. The van der Waals surface area contributed by atoms with Crippen molar-refractivity contribution in [1.29, 1.82) is 0 Å². The number of hydrogen-bond donors (Lipinski definition) is 7. The van der Waals surface area contributed by atoms with E-state index in [1.807, 2.05) is 0 Å². The molecule has 1 heterocycles. The molecule has 1 saturated heterocycles. The van der Waals surface area contributed by atoms with Gasteiger partial charge in [-0.2, -0.15) is 0 Å². The van der Waals surface area contributed by atoms with Gasteiger partial charge in [-0.3, -0.25) is 14.4 Å². The fourth-order valence-corrected chi connectivity index (χ4v) is 7.19. The Bertz CT molecular complexity index is 2050. The highest BCUT2D eigenvalue weighted by Crippen LogP contribution is 2.51. The monoisotopic (exact) mass is 624 g/mol. The predicted molar refractivity (Wildman–Crippen MR) is 161 cm³/mol. The van der Waals surface area contributed by atoms with Gasteiger partial charge in [0.2, 0.25) is 11.6 Å². The standard InChI is InChI=1S/C35H28O11/c1-12-8-17-23(35-34(45)31(42)21(39)11-46-35)14-6-7-16(29(40)26(14)32(43)25(17)19(37)9-12)22-13(2)10-20(38)27-28(22)30(41)15-4-3-5-18(36)24(15)33(27)44/h3-10,21,23,31,34-40,42,45H,11H2,1-2H3/t21-,23+,31+,34-,35+/m1/s1. The normalized spacial score (nSPS) is 23.4. The summed E-state index contributed by atoms with van der Waals surface area (Å²) in [4.78, 5) is 41.6. The van der Waals surface area contributed by atoms with Gasteiger partial charge < -0.3 is 40.5 Å². The first kappa shape index (κ1) is 29.6. The highest BCUT2D eigenvalue weighted by molar-refractivity contribution is 6.32. The number of rotatable bonds is 2. The highest BCUT2D eigenvalue weighted by Gasteiger charge is 2.48. The van der Waals surface area contributed by atoms with Gasteiger partial charge in [0.15, 0.2) is 5.78 Å². The molecule has 5 atom stereocenters. The van der Waals surface area contributed by atoms with Crippen molar-refractivity contribution in [3.63, 3.8) is 0 Å². The molecular weight excluding hydrogens is 596 g/mol. The second-order valence-corrected chi connectivity index (χ2v) is 12.0. The van der Waals surface area contributed by atoms with Crippen LogP contribution in [0.25, 0.3) is 11.1 Å². The number of aliphatic hydroxyl groups excluding tert-OH is 3. The summed E-state index contributed by atoms with van der Waals surface area (Å²) in [6.45, 7) is 2.92. The molecule has 2 aliphatic carbocycles. The number of carbonyl (C=O) groups is 3. The van der Waals surface area contributed by atoms with Crippen LogP contribution in [0.5, 0.6) is 23.0 Å². The Balaban J connectivity index is 1.49. The van der Waals surface area contributed by atoms with Crippen LogP contribution in [0.2, 0.25) is 0 Å². The first-order chi connectivity index (χ1) is 21.8. The van der Waals surface area contributed by atoms with Gasteiger partial charge in [0.25, 0.3) is 0 Å². The summed E-state index contributed by atoms with van der Waals surface area (Å²) in [5, 5.41) is 75.7. The van der Waals surface area contributed by atoms with Crippen LogP contribution in [-0.2, 0) is 4.74 Å². The van der Waals surface area contributed by atoms with Gasteiger partial charge in [-0.15, -0.1) is 0 Å². The van der Waals surface area contributed by atoms with Crippen molar-refractivity contribution in [2.24, 2.45) is 0 Å². The third-order valence-corrected chi connectivity index (χ3v) is 9.24. The topological polar surface area (TPSA) is 202 Å². The molecule has 0 bridgehead atoms. The molecular formula is C35H28O11. The summed E-state index contributed by atoms with van der Waals surface area (Å²) in [6, 6.07) is 11.2. The zero-order valence-electron chi connectivity index (χ0n) is 24.5. The SMILES string of the molecule is Cc1cc(O)c2c(c1)[C@@H]([C@@H]1OC[C@@H](O)[C@H](O)[C@H]1O)c1ccc(-c3c(C)cc(O)c4c3C(=O)c3cccc(O)c3C4=O)c(O)c1C2=O. The number of aliphatic hydroxyl groups is 3. The van der Waals surface area contributed by atoms with Crippen LogP contribution in [0.3, 0.4) is 0 Å². The molecule has 0 saturated carbocycles. The van der Waals surface area contributed by atoms with Crippen molar-refractivity contribution in [2.75, 3.05) is 6.61 Å². The fourth-order valence-electron chi connectivity index (χ4n) is 7.19. The lowest BCUT2D eigenvalue weighted by Crippen LogP contribution is -2.55. The van der Waals surface area contributed by atoms with Crippen molar-refractivity contribution in [3.05, 3.63) is 104 Å². The molecule has 11 heteroatoms. The molecule has 7 N–H and O–H groups in total. The molecule has 3 aliphatic rings. The van der Waals surface area contributed by atoms with Gasteiger partial charge in [-0.25, -0.2) is 0 Å². The van der Waals surface area contributed by atoms with Crippen molar-refractivity contribution < 1.29 is 54.9 Å². The number of benzene rings is 4. The number of ether oxygens (including phenoxy) is 1. The van der Waals surface area contributed by atoms with Crippen molar-refractivity contribution in [2.45, 2.75) is 44.2 Å². The molecule has 4 aromatic rings.